The Kier molecular flexibility index (Phi) is 6.55. The molecule has 0 saturated carbocycles. The first-order valence-corrected chi connectivity index (χ1v) is 12.4. The Morgan fingerprint density at radius 3 is 2.62 bits per heavy atom. The van der Waals surface area contributed by atoms with Gasteiger partial charge in [0.2, 0.25) is 5.88 Å². The molecule has 1 fully saturated rings. The number of hydrogen-bond acceptors (Lipinski definition) is 6. The minimum Gasteiger partial charge on any atom is -0.478 e. The molecule has 0 radical (unpaired) electrons. The number of nitrogens with zero attached hydrogens (tertiary/aromatic N) is 5. The largest absolute Gasteiger partial charge is 0.478 e. The average Bonchev–Trinajstić information content (AvgIpc) is 3.19. The minimum absolute atomic E-state index is 0.292. The van der Waals surface area contributed by atoms with Crippen molar-refractivity contribution >= 4 is 22.3 Å². The summed E-state index contributed by atoms with van der Waals surface area (Å²) in [4.78, 5) is 16.0. The molecule has 6 nitrogen and oxygen atoms in total. The normalized spacial score (nSPS) is 16.5. The summed E-state index contributed by atoms with van der Waals surface area (Å²) >= 11 is 0. The third kappa shape index (κ3) is 4.53. The molecule has 0 bridgehead atoms. The molecule has 2 aromatic heterocycles. The van der Waals surface area contributed by atoms with Crippen LogP contribution in [0, 0.1) is 5.82 Å². The molecule has 5 rings (SSSR count). The van der Waals surface area contributed by atoms with Crippen LogP contribution in [0.5, 0.6) is 5.88 Å². The molecular weight excluding hydrogens is 429 g/mol. The molecule has 0 aliphatic carbocycles. The molecule has 0 atom stereocenters. The SMILES string of the molecule is CC(C)N1CN(C)c2cnc3cc(F)c(-c4ccc(OCCCN5CCCCC5)nc4)cc3c21. The smallest absolute Gasteiger partial charge is 0.213 e. The Balaban J connectivity index is 1.33. The minimum atomic E-state index is -0.292. The predicted octanol–water partition coefficient (Wildman–Crippen LogP) is 5.31. The molecule has 0 spiro atoms. The van der Waals surface area contributed by atoms with E-state index in [4.69, 9.17) is 4.74 Å². The van der Waals surface area contributed by atoms with Gasteiger partial charge in [0.05, 0.1) is 36.4 Å². The Bertz CT molecular complexity index is 1140. The highest BCUT2D eigenvalue weighted by Gasteiger charge is 2.28. The molecule has 1 saturated heterocycles. The fourth-order valence-electron chi connectivity index (χ4n) is 5.06. The van der Waals surface area contributed by atoms with E-state index in [-0.39, 0.29) is 5.82 Å². The maximum Gasteiger partial charge on any atom is 0.213 e. The van der Waals surface area contributed by atoms with Gasteiger partial charge >= 0.3 is 0 Å². The summed E-state index contributed by atoms with van der Waals surface area (Å²) < 4.78 is 20.9. The highest BCUT2D eigenvalue weighted by atomic mass is 19.1. The van der Waals surface area contributed by atoms with Gasteiger partial charge in [-0.3, -0.25) is 4.98 Å². The number of hydrogen-bond donors (Lipinski definition) is 0. The van der Waals surface area contributed by atoms with E-state index in [0.717, 1.165) is 42.0 Å². The molecule has 0 N–H and O–H groups in total. The van der Waals surface area contributed by atoms with E-state index in [1.54, 1.807) is 6.20 Å². The zero-order chi connectivity index (χ0) is 23.7. The van der Waals surface area contributed by atoms with E-state index in [9.17, 15) is 0 Å². The third-order valence-corrected chi connectivity index (χ3v) is 6.96. The average molecular weight is 464 g/mol. The van der Waals surface area contributed by atoms with Gasteiger partial charge in [-0.25, -0.2) is 9.37 Å². The highest BCUT2D eigenvalue weighted by molar-refractivity contribution is 6.02. The van der Waals surface area contributed by atoms with Gasteiger partial charge in [0.1, 0.15) is 5.82 Å². The van der Waals surface area contributed by atoms with Crippen molar-refractivity contribution in [3.8, 4) is 17.0 Å². The number of aromatic nitrogens is 2. The molecule has 4 heterocycles. The molecule has 2 aliphatic rings. The van der Waals surface area contributed by atoms with Gasteiger partial charge in [-0.2, -0.15) is 0 Å². The number of pyridine rings is 2. The standard InChI is InChI=1S/C27H34FN5O/c1-19(2)33-18-31(3)25-17-29-24-15-23(28)21(14-22(24)27(25)33)20-8-9-26(30-16-20)34-13-7-12-32-10-5-4-6-11-32/h8-9,14-17,19H,4-7,10-13,18H2,1-3H3. The summed E-state index contributed by atoms with van der Waals surface area (Å²) in [5, 5.41) is 0.963. The van der Waals surface area contributed by atoms with Crippen molar-refractivity contribution in [3.63, 3.8) is 0 Å². The molecule has 0 unspecified atom stereocenters. The molecular formula is C27H34FN5O. The van der Waals surface area contributed by atoms with E-state index in [1.165, 1.54) is 38.4 Å². The maximum atomic E-state index is 15.1. The predicted molar refractivity (Wildman–Crippen MR) is 136 cm³/mol. The van der Waals surface area contributed by atoms with Crippen LogP contribution in [-0.4, -0.2) is 60.9 Å². The van der Waals surface area contributed by atoms with Gasteiger partial charge < -0.3 is 19.4 Å². The first kappa shape index (κ1) is 22.8. The van der Waals surface area contributed by atoms with E-state index >= 15 is 4.39 Å². The number of ether oxygens (including phenoxy) is 1. The second-order valence-electron chi connectivity index (χ2n) is 9.73. The lowest BCUT2D eigenvalue weighted by molar-refractivity contribution is 0.203. The highest BCUT2D eigenvalue weighted by Crippen LogP contribution is 2.42. The van der Waals surface area contributed by atoms with Crippen LogP contribution < -0.4 is 14.5 Å². The fourth-order valence-corrected chi connectivity index (χ4v) is 5.06. The second-order valence-corrected chi connectivity index (χ2v) is 9.73. The molecule has 34 heavy (non-hydrogen) atoms. The number of benzene rings is 1. The van der Waals surface area contributed by atoms with E-state index in [2.05, 4.69) is 45.6 Å². The van der Waals surface area contributed by atoms with Gasteiger partial charge in [-0.15, -0.1) is 0 Å². The summed E-state index contributed by atoms with van der Waals surface area (Å²) in [5.41, 5.74) is 4.13. The molecule has 0 amide bonds. The summed E-state index contributed by atoms with van der Waals surface area (Å²) in [6, 6.07) is 7.51. The van der Waals surface area contributed by atoms with Gasteiger partial charge in [-0.05, 0) is 58.3 Å². The number of anilines is 2. The Labute approximate surface area is 201 Å². The molecule has 7 heteroatoms. The monoisotopic (exact) mass is 463 g/mol. The van der Waals surface area contributed by atoms with Crippen molar-refractivity contribution in [3.05, 3.63) is 42.5 Å². The van der Waals surface area contributed by atoms with E-state index in [1.807, 2.05) is 24.4 Å². The maximum absolute atomic E-state index is 15.1. The first-order valence-electron chi connectivity index (χ1n) is 12.4. The van der Waals surface area contributed by atoms with Crippen molar-refractivity contribution < 1.29 is 9.13 Å². The number of rotatable bonds is 7. The molecule has 180 valence electrons. The van der Waals surface area contributed by atoms with Crippen molar-refractivity contribution in [1.82, 2.24) is 14.9 Å². The molecule has 3 aromatic rings. The topological polar surface area (TPSA) is 44.7 Å². The van der Waals surface area contributed by atoms with Crippen LogP contribution in [0.3, 0.4) is 0 Å². The Morgan fingerprint density at radius 1 is 1.06 bits per heavy atom. The number of fused-ring (bicyclic) bond motifs is 3. The fraction of sp³-hybridized carbons (Fsp3) is 0.481. The quantitative estimate of drug-likeness (QED) is 0.442. The molecule has 1 aromatic carbocycles. The summed E-state index contributed by atoms with van der Waals surface area (Å²) in [5.74, 6) is 0.290. The lowest BCUT2D eigenvalue weighted by Crippen LogP contribution is -2.33. The number of halogens is 1. The third-order valence-electron chi connectivity index (χ3n) is 6.96. The van der Waals surface area contributed by atoms with E-state index < -0.39 is 0 Å². The van der Waals surface area contributed by atoms with E-state index in [0.29, 0.717) is 29.6 Å². The second kappa shape index (κ2) is 9.74. The summed E-state index contributed by atoms with van der Waals surface area (Å²) in [6.45, 7) is 9.27. The van der Waals surface area contributed by atoms with Gasteiger partial charge in [0.15, 0.2) is 0 Å². The van der Waals surface area contributed by atoms with Crippen molar-refractivity contribution in [2.75, 3.05) is 49.8 Å². The lowest BCUT2D eigenvalue weighted by Gasteiger charge is -2.26. The number of likely N-dealkylation sites (tertiary alicyclic amines) is 1. The van der Waals surface area contributed by atoms with Crippen LogP contribution in [0.4, 0.5) is 15.8 Å². The van der Waals surface area contributed by atoms with Crippen molar-refractivity contribution in [1.29, 1.82) is 0 Å². The van der Waals surface area contributed by atoms with Crippen molar-refractivity contribution in [2.24, 2.45) is 0 Å². The van der Waals surface area contributed by atoms with Crippen LogP contribution in [0.15, 0.2) is 36.7 Å². The zero-order valence-corrected chi connectivity index (χ0v) is 20.4. The summed E-state index contributed by atoms with van der Waals surface area (Å²) in [6.07, 6.45) is 8.50. The molecule has 2 aliphatic heterocycles. The van der Waals surface area contributed by atoms with Crippen molar-refractivity contribution in [2.45, 2.75) is 45.6 Å². The Hall–Kier alpha value is -2.93. The first-order chi connectivity index (χ1) is 16.5. The van der Waals surface area contributed by atoms with Gasteiger partial charge in [0.25, 0.3) is 0 Å². The van der Waals surface area contributed by atoms with Crippen LogP contribution in [0.25, 0.3) is 22.0 Å². The van der Waals surface area contributed by atoms with Crippen LogP contribution >= 0.6 is 0 Å². The van der Waals surface area contributed by atoms with Crippen LogP contribution in [-0.2, 0) is 0 Å². The zero-order valence-electron chi connectivity index (χ0n) is 20.4. The van der Waals surface area contributed by atoms with Gasteiger partial charge in [-0.1, -0.05) is 6.42 Å². The van der Waals surface area contributed by atoms with Crippen LogP contribution in [0.2, 0.25) is 0 Å². The number of piperidine rings is 1. The van der Waals surface area contributed by atoms with Crippen LogP contribution in [0.1, 0.15) is 39.5 Å². The lowest BCUT2D eigenvalue weighted by atomic mass is 10.0. The summed E-state index contributed by atoms with van der Waals surface area (Å²) in [7, 11) is 2.06. The Morgan fingerprint density at radius 2 is 1.88 bits per heavy atom. The van der Waals surface area contributed by atoms with Gasteiger partial charge in [0, 0.05) is 54.5 Å².